The van der Waals surface area contributed by atoms with E-state index in [9.17, 15) is 9.59 Å². The van der Waals surface area contributed by atoms with Gasteiger partial charge in [0.2, 0.25) is 5.91 Å². The summed E-state index contributed by atoms with van der Waals surface area (Å²) in [5, 5.41) is 6.02. The topological polar surface area (TPSA) is 86.8 Å². The number of carbonyl (C=O) groups is 2. The number of anilines is 2. The zero-order chi connectivity index (χ0) is 16.2. The Balaban J connectivity index is 1.71. The molecule has 0 radical (unpaired) electrons. The number of carbonyl (C=O) groups excluding carboxylic acids is 2. The van der Waals surface area contributed by atoms with Gasteiger partial charge in [-0.3, -0.25) is 9.69 Å². The van der Waals surface area contributed by atoms with Crippen LogP contribution in [-0.2, 0) is 9.53 Å². The maximum absolute atomic E-state index is 12.0. The van der Waals surface area contributed by atoms with E-state index < -0.39 is 6.09 Å². The number of nitrogens with one attached hydrogen (secondary N) is 2. The Morgan fingerprint density at radius 2 is 2.22 bits per heavy atom. The Labute approximate surface area is 134 Å². The van der Waals surface area contributed by atoms with Crippen molar-refractivity contribution in [1.82, 2.24) is 15.6 Å². The third-order valence-electron chi connectivity index (χ3n) is 4.00. The van der Waals surface area contributed by atoms with Crippen LogP contribution in [0.3, 0.4) is 0 Å². The minimum Gasteiger partial charge on any atom is -0.447 e. The Hall–Kier alpha value is -2.35. The predicted octanol–water partition coefficient (Wildman–Crippen LogP) is -0.0475. The molecule has 8 heteroatoms. The molecule has 1 aromatic heterocycles. The van der Waals surface area contributed by atoms with E-state index in [4.69, 9.17) is 4.74 Å². The Morgan fingerprint density at radius 1 is 1.43 bits per heavy atom. The largest absolute Gasteiger partial charge is 0.447 e. The number of pyridine rings is 1. The van der Waals surface area contributed by atoms with E-state index in [1.54, 1.807) is 11.1 Å². The zero-order valence-electron chi connectivity index (χ0n) is 13.1. The van der Waals surface area contributed by atoms with Gasteiger partial charge in [-0.2, -0.15) is 0 Å². The lowest BCUT2D eigenvalue weighted by Crippen LogP contribution is -2.44. The van der Waals surface area contributed by atoms with Crippen molar-refractivity contribution in [3.05, 3.63) is 18.3 Å². The molecule has 2 saturated heterocycles. The third kappa shape index (κ3) is 3.53. The first-order valence-electron chi connectivity index (χ1n) is 7.77. The molecule has 2 fully saturated rings. The first kappa shape index (κ1) is 15.5. The maximum Gasteiger partial charge on any atom is 0.414 e. The molecule has 0 spiro atoms. The van der Waals surface area contributed by atoms with Gasteiger partial charge in [-0.25, -0.2) is 9.78 Å². The molecule has 3 rings (SSSR count). The lowest BCUT2D eigenvalue weighted by molar-refractivity contribution is -0.119. The first-order valence-corrected chi connectivity index (χ1v) is 7.77. The van der Waals surface area contributed by atoms with Gasteiger partial charge in [0.05, 0.1) is 17.9 Å². The molecule has 1 aromatic rings. The van der Waals surface area contributed by atoms with Crippen molar-refractivity contribution >= 4 is 23.5 Å². The van der Waals surface area contributed by atoms with E-state index in [2.05, 4.69) is 20.5 Å². The molecule has 0 aliphatic carbocycles. The lowest BCUT2D eigenvalue weighted by atomic mass is 10.2. The second-order valence-corrected chi connectivity index (χ2v) is 5.65. The highest BCUT2D eigenvalue weighted by molar-refractivity contribution is 5.90. The fraction of sp³-hybridized carbons (Fsp3) is 0.533. The highest BCUT2D eigenvalue weighted by atomic mass is 16.6. The van der Waals surface area contributed by atoms with Gasteiger partial charge in [-0.1, -0.05) is 0 Å². The second kappa shape index (κ2) is 6.82. The smallest absolute Gasteiger partial charge is 0.414 e. The zero-order valence-corrected chi connectivity index (χ0v) is 13.1. The summed E-state index contributed by atoms with van der Waals surface area (Å²) in [7, 11) is 0. The van der Waals surface area contributed by atoms with E-state index in [-0.39, 0.29) is 18.6 Å². The predicted molar refractivity (Wildman–Crippen MR) is 85.6 cm³/mol. The van der Waals surface area contributed by atoms with Crippen molar-refractivity contribution in [2.45, 2.75) is 13.0 Å². The van der Waals surface area contributed by atoms with Crippen LogP contribution in [0.4, 0.5) is 16.3 Å². The molecular formula is C15H21N5O3. The van der Waals surface area contributed by atoms with Crippen LogP contribution in [0.5, 0.6) is 0 Å². The number of aromatic nitrogens is 1. The molecule has 23 heavy (non-hydrogen) atoms. The SMILES string of the molecule is CC(=O)NC[C@H]1COC(=O)N1c1ccc(N2CCNCC2)nc1. The minimum absolute atomic E-state index is 0.128. The summed E-state index contributed by atoms with van der Waals surface area (Å²) in [6.45, 7) is 5.80. The van der Waals surface area contributed by atoms with Gasteiger partial charge in [-0.05, 0) is 12.1 Å². The number of amides is 2. The van der Waals surface area contributed by atoms with Crippen LogP contribution in [0.2, 0.25) is 0 Å². The van der Waals surface area contributed by atoms with Gasteiger partial charge in [-0.15, -0.1) is 0 Å². The lowest BCUT2D eigenvalue weighted by Gasteiger charge is -2.29. The molecule has 2 aliphatic rings. The maximum atomic E-state index is 12.0. The Bertz CT molecular complexity index is 571. The number of hydrogen-bond acceptors (Lipinski definition) is 6. The van der Waals surface area contributed by atoms with Crippen molar-refractivity contribution in [3.63, 3.8) is 0 Å². The summed E-state index contributed by atoms with van der Waals surface area (Å²) < 4.78 is 5.10. The van der Waals surface area contributed by atoms with E-state index in [1.165, 1.54) is 6.92 Å². The Morgan fingerprint density at radius 3 is 2.87 bits per heavy atom. The number of hydrogen-bond donors (Lipinski definition) is 2. The molecule has 0 bridgehead atoms. The van der Waals surface area contributed by atoms with Gasteiger partial charge < -0.3 is 20.3 Å². The third-order valence-corrected chi connectivity index (χ3v) is 4.00. The summed E-state index contributed by atoms with van der Waals surface area (Å²) in [6, 6.07) is 3.58. The fourth-order valence-corrected chi connectivity index (χ4v) is 2.79. The van der Waals surface area contributed by atoms with Gasteiger partial charge in [0.25, 0.3) is 0 Å². The molecule has 0 saturated carbocycles. The van der Waals surface area contributed by atoms with Crippen LogP contribution >= 0.6 is 0 Å². The van der Waals surface area contributed by atoms with Crippen molar-refractivity contribution in [1.29, 1.82) is 0 Å². The van der Waals surface area contributed by atoms with Crippen molar-refractivity contribution < 1.29 is 14.3 Å². The highest BCUT2D eigenvalue weighted by Crippen LogP contribution is 2.24. The normalized spacial score (nSPS) is 21.3. The van der Waals surface area contributed by atoms with Crippen molar-refractivity contribution in [2.75, 3.05) is 49.1 Å². The average molecular weight is 319 g/mol. The summed E-state index contributed by atoms with van der Waals surface area (Å²) in [4.78, 5) is 31.3. The number of ether oxygens (including phenoxy) is 1. The molecular weight excluding hydrogens is 298 g/mol. The van der Waals surface area contributed by atoms with Gasteiger partial charge in [0.15, 0.2) is 0 Å². The summed E-state index contributed by atoms with van der Waals surface area (Å²) >= 11 is 0. The van der Waals surface area contributed by atoms with Crippen molar-refractivity contribution in [2.24, 2.45) is 0 Å². The fourth-order valence-electron chi connectivity index (χ4n) is 2.79. The number of rotatable bonds is 4. The molecule has 0 aromatic carbocycles. The molecule has 2 N–H and O–H groups in total. The van der Waals surface area contributed by atoms with E-state index in [0.29, 0.717) is 12.2 Å². The molecule has 2 aliphatic heterocycles. The quantitative estimate of drug-likeness (QED) is 0.809. The molecule has 3 heterocycles. The number of cyclic esters (lactones) is 1. The minimum atomic E-state index is -0.405. The monoisotopic (exact) mass is 319 g/mol. The van der Waals surface area contributed by atoms with Crippen LogP contribution in [0, 0.1) is 0 Å². The van der Waals surface area contributed by atoms with E-state index in [0.717, 1.165) is 32.0 Å². The van der Waals surface area contributed by atoms with Gasteiger partial charge >= 0.3 is 6.09 Å². The average Bonchev–Trinajstić information content (AvgIpc) is 2.95. The molecule has 0 unspecified atom stereocenters. The van der Waals surface area contributed by atoms with E-state index in [1.807, 2.05) is 12.1 Å². The summed E-state index contributed by atoms with van der Waals surface area (Å²) in [5.41, 5.74) is 0.682. The second-order valence-electron chi connectivity index (χ2n) is 5.65. The van der Waals surface area contributed by atoms with Crippen LogP contribution in [0.15, 0.2) is 18.3 Å². The van der Waals surface area contributed by atoms with Crippen LogP contribution in [-0.4, -0.2) is 62.4 Å². The summed E-state index contributed by atoms with van der Waals surface area (Å²) in [5.74, 6) is 0.776. The van der Waals surface area contributed by atoms with Crippen LogP contribution < -0.4 is 20.4 Å². The highest BCUT2D eigenvalue weighted by Gasteiger charge is 2.34. The van der Waals surface area contributed by atoms with Crippen LogP contribution in [0.25, 0.3) is 0 Å². The number of nitrogens with zero attached hydrogens (tertiary/aromatic N) is 3. The molecule has 1 atom stereocenters. The standard InChI is InChI=1S/C15H21N5O3/c1-11(21)17-9-13-10-23-15(22)20(13)12-2-3-14(18-8-12)19-6-4-16-5-7-19/h2-3,8,13,16H,4-7,9-10H2,1H3,(H,17,21)/t13-/m0/s1. The van der Waals surface area contributed by atoms with Crippen LogP contribution in [0.1, 0.15) is 6.92 Å². The number of piperazine rings is 1. The molecule has 8 nitrogen and oxygen atoms in total. The summed E-state index contributed by atoms with van der Waals surface area (Å²) in [6.07, 6.45) is 1.28. The van der Waals surface area contributed by atoms with Gasteiger partial charge in [0.1, 0.15) is 12.4 Å². The first-order chi connectivity index (χ1) is 11.1. The van der Waals surface area contributed by atoms with Crippen molar-refractivity contribution in [3.8, 4) is 0 Å². The Kier molecular flexibility index (Phi) is 4.61. The van der Waals surface area contributed by atoms with E-state index >= 15 is 0 Å². The molecule has 124 valence electrons. The molecule has 2 amide bonds. The van der Waals surface area contributed by atoms with Gasteiger partial charge in [0, 0.05) is 39.6 Å².